The predicted molar refractivity (Wildman–Crippen MR) is 115 cm³/mol. The highest BCUT2D eigenvalue weighted by Crippen LogP contribution is 2.30. The highest BCUT2D eigenvalue weighted by molar-refractivity contribution is 6.33. The van der Waals surface area contributed by atoms with Gasteiger partial charge in [0, 0.05) is 11.5 Å². The van der Waals surface area contributed by atoms with Crippen LogP contribution in [0.15, 0.2) is 53.1 Å². The number of nitrogens with zero attached hydrogens (tertiary/aromatic N) is 3. The molecule has 2 aromatic carbocycles. The van der Waals surface area contributed by atoms with E-state index in [4.69, 9.17) is 20.9 Å². The Morgan fingerprint density at radius 1 is 1.20 bits per heavy atom. The lowest BCUT2D eigenvalue weighted by molar-refractivity contribution is -0.117. The number of ether oxygens (including phenoxy) is 1. The largest absolute Gasteiger partial charge is 0.495 e. The van der Waals surface area contributed by atoms with E-state index in [0.29, 0.717) is 34.7 Å². The van der Waals surface area contributed by atoms with E-state index in [1.165, 1.54) is 0 Å². The number of anilines is 1. The second-order valence-electron chi connectivity index (χ2n) is 7.23. The van der Waals surface area contributed by atoms with Crippen LogP contribution in [0, 0.1) is 0 Å². The first-order valence-corrected chi connectivity index (χ1v) is 10.3. The Balaban J connectivity index is 1.31. The SMILES string of the molecule is COc1ccccc1NC(=O)CN1CCC(c2nc(-c3ccccc3Cl)no2)CC1. The van der Waals surface area contributed by atoms with Crippen molar-refractivity contribution >= 4 is 23.2 Å². The first-order chi connectivity index (χ1) is 14.6. The molecule has 8 heteroatoms. The van der Waals surface area contributed by atoms with Gasteiger partial charge in [-0.1, -0.05) is 41.0 Å². The van der Waals surface area contributed by atoms with Crippen molar-refractivity contribution in [3.05, 3.63) is 59.4 Å². The molecule has 0 radical (unpaired) electrons. The maximum Gasteiger partial charge on any atom is 0.238 e. The van der Waals surface area contributed by atoms with Crippen LogP contribution in [0.2, 0.25) is 5.02 Å². The number of rotatable bonds is 6. The standard InChI is InChI=1S/C22H23ClN4O3/c1-29-19-9-5-4-8-18(19)24-20(28)14-27-12-10-15(11-13-27)22-25-21(26-30-22)16-6-2-3-7-17(16)23/h2-9,15H,10-14H2,1H3,(H,24,28). The van der Waals surface area contributed by atoms with Gasteiger partial charge in [0.15, 0.2) is 0 Å². The summed E-state index contributed by atoms with van der Waals surface area (Å²) in [5, 5.41) is 7.61. The zero-order chi connectivity index (χ0) is 20.9. The number of hydrogen-bond donors (Lipinski definition) is 1. The summed E-state index contributed by atoms with van der Waals surface area (Å²) in [7, 11) is 1.59. The van der Waals surface area contributed by atoms with Crippen molar-refractivity contribution in [2.45, 2.75) is 18.8 Å². The van der Waals surface area contributed by atoms with E-state index in [0.717, 1.165) is 31.5 Å². The summed E-state index contributed by atoms with van der Waals surface area (Å²) in [4.78, 5) is 19.1. The minimum absolute atomic E-state index is 0.0586. The van der Waals surface area contributed by atoms with E-state index in [1.54, 1.807) is 7.11 Å². The van der Waals surface area contributed by atoms with Crippen molar-refractivity contribution < 1.29 is 14.1 Å². The number of benzene rings is 2. The number of likely N-dealkylation sites (tertiary alicyclic amines) is 1. The normalized spacial score (nSPS) is 15.1. The molecule has 0 saturated carbocycles. The maximum absolute atomic E-state index is 12.4. The second kappa shape index (κ2) is 9.28. The topological polar surface area (TPSA) is 80.5 Å². The van der Waals surface area contributed by atoms with Crippen LogP contribution in [-0.4, -0.2) is 47.7 Å². The van der Waals surface area contributed by atoms with Crippen LogP contribution >= 0.6 is 11.6 Å². The summed E-state index contributed by atoms with van der Waals surface area (Å²) in [6, 6.07) is 14.8. The Morgan fingerprint density at radius 2 is 1.93 bits per heavy atom. The molecule has 156 valence electrons. The van der Waals surface area contributed by atoms with Crippen molar-refractivity contribution in [3.63, 3.8) is 0 Å². The Bertz CT molecular complexity index is 1010. The number of methoxy groups -OCH3 is 1. The minimum Gasteiger partial charge on any atom is -0.495 e. The van der Waals surface area contributed by atoms with Gasteiger partial charge in [0.05, 0.1) is 24.4 Å². The summed E-state index contributed by atoms with van der Waals surface area (Å²) >= 11 is 6.22. The van der Waals surface area contributed by atoms with Gasteiger partial charge in [0.2, 0.25) is 17.6 Å². The van der Waals surface area contributed by atoms with Crippen molar-refractivity contribution in [1.82, 2.24) is 15.0 Å². The smallest absolute Gasteiger partial charge is 0.238 e. The summed E-state index contributed by atoms with van der Waals surface area (Å²) in [6.07, 6.45) is 1.71. The summed E-state index contributed by atoms with van der Waals surface area (Å²) in [5.41, 5.74) is 1.44. The highest BCUT2D eigenvalue weighted by Gasteiger charge is 2.26. The fourth-order valence-corrected chi connectivity index (χ4v) is 3.85. The number of piperidine rings is 1. The molecule has 0 atom stereocenters. The Morgan fingerprint density at radius 3 is 2.70 bits per heavy atom. The van der Waals surface area contributed by atoms with Gasteiger partial charge in [-0.25, -0.2) is 0 Å². The van der Waals surface area contributed by atoms with Crippen LogP contribution in [0.3, 0.4) is 0 Å². The van der Waals surface area contributed by atoms with Gasteiger partial charge in [-0.05, 0) is 50.2 Å². The molecular formula is C22H23ClN4O3. The van der Waals surface area contributed by atoms with Crippen LogP contribution in [0.4, 0.5) is 5.69 Å². The van der Waals surface area contributed by atoms with Gasteiger partial charge in [-0.15, -0.1) is 0 Å². The van der Waals surface area contributed by atoms with E-state index in [1.807, 2.05) is 48.5 Å². The average molecular weight is 427 g/mol. The molecule has 2 heterocycles. The number of hydrogen-bond acceptors (Lipinski definition) is 6. The van der Waals surface area contributed by atoms with Gasteiger partial charge in [0.1, 0.15) is 5.75 Å². The van der Waals surface area contributed by atoms with Crippen molar-refractivity contribution in [2.24, 2.45) is 0 Å². The summed E-state index contributed by atoms with van der Waals surface area (Å²) < 4.78 is 10.8. The van der Waals surface area contributed by atoms with E-state index in [2.05, 4.69) is 20.4 Å². The summed E-state index contributed by atoms with van der Waals surface area (Å²) in [6.45, 7) is 1.90. The fraction of sp³-hybridized carbons (Fsp3) is 0.318. The molecule has 1 aliphatic rings. The van der Waals surface area contributed by atoms with Crippen LogP contribution < -0.4 is 10.1 Å². The first-order valence-electron chi connectivity index (χ1n) is 9.88. The molecule has 1 amide bonds. The maximum atomic E-state index is 12.4. The molecule has 7 nitrogen and oxygen atoms in total. The molecule has 1 N–H and O–H groups in total. The van der Waals surface area contributed by atoms with E-state index in [9.17, 15) is 4.79 Å². The second-order valence-corrected chi connectivity index (χ2v) is 7.64. The Kier molecular flexibility index (Phi) is 6.30. The molecule has 3 aromatic rings. The molecule has 0 unspecified atom stereocenters. The van der Waals surface area contributed by atoms with E-state index < -0.39 is 0 Å². The molecule has 1 saturated heterocycles. The number of para-hydroxylation sites is 2. The van der Waals surface area contributed by atoms with Crippen LogP contribution in [0.5, 0.6) is 5.75 Å². The van der Waals surface area contributed by atoms with Crippen molar-refractivity contribution in [1.29, 1.82) is 0 Å². The molecular weight excluding hydrogens is 404 g/mol. The van der Waals surface area contributed by atoms with E-state index >= 15 is 0 Å². The number of amides is 1. The third kappa shape index (κ3) is 4.63. The highest BCUT2D eigenvalue weighted by atomic mass is 35.5. The molecule has 4 rings (SSSR count). The number of carbonyl (C=O) groups is 1. The molecule has 0 aliphatic carbocycles. The molecule has 0 bridgehead atoms. The molecule has 30 heavy (non-hydrogen) atoms. The van der Waals surface area contributed by atoms with Crippen LogP contribution in [-0.2, 0) is 4.79 Å². The van der Waals surface area contributed by atoms with Crippen molar-refractivity contribution in [3.8, 4) is 17.1 Å². The Labute approximate surface area is 180 Å². The monoisotopic (exact) mass is 426 g/mol. The van der Waals surface area contributed by atoms with Crippen molar-refractivity contribution in [2.75, 3.05) is 32.1 Å². The molecule has 0 spiro atoms. The average Bonchev–Trinajstić information content (AvgIpc) is 3.25. The first kappa shape index (κ1) is 20.4. The van der Waals surface area contributed by atoms with Gasteiger partial charge in [0.25, 0.3) is 0 Å². The molecule has 1 aliphatic heterocycles. The van der Waals surface area contributed by atoms with Gasteiger partial charge >= 0.3 is 0 Å². The lowest BCUT2D eigenvalue weighted by Gasteiger charge is -2.29. The molecule has 1 aromatic heterocycles. The summed E-state index contributed by atoms with van der Waals surface area (Å²) in [5.74, 6) is 1.91. The lowest BCUT2D eigenvalue weighted by atomic mass is 9.97. The predicted octanol–water partition coefficient (Wildman–Crippen LogP) is 4.22. The lowest BCUT2D eigenvalue weighted by Crippen LogP contribution is -2.38. The van der Waals surface area contributed by atoms with Gasteiger partial charge in [-0.2, -0.15) is 4.98 Å². The number of aromatic nitrogens is 2. The fourth-order valence-electron chi connectivity index (χ4n) is 3.63. The molecule has 1 fully saturated rings. The number of halogens is 1. The third-order valence-electron chi connectivity index (χ3n) is 5.24. The van der Waals surface area contributed by atoms with Gasteiger partial charge in [-0.3, -0.25) is 9.69 Å². The zero-order valence-electron chi connectivity index (χ0n) is 16.7. The zero-order valence-corrected chi connectivity index (χ0v) is 17.4. The number of nitrogens with one attached hydrogen (secondary N) is 1. The van der Waals surface area contributed by atoms with Crippen LogP contribution in [0.1, 0.15) is 24.7 Å². The minimum atomic E-state index is -0.0586. The van der Waals surface area contributed by atoms with E-state index in [-0.39, 0.29) is 11.8 Å². The third-order valence-corrected chi connectivity index (χ3v) is 5.57. The van der Waals surface area contributed by atoms with Crippen LogP contribution in [0.25, 0.3) is 11.4 Å². The Hall–Kier alpha value is -2.90. The quantitative estimate of drug-likeness (QED) is 0.635. The van der Waals surface area contributed by atoms with Gasteiger partial charge < -0.3 is 14.6 Å². The number of carbonyl (C=O) groups excluding carboxylic acids is 1.